The normalized spacial score (nSPS) is 34.0. The van der Waals surface area contributed by atoms with Gasteiger partial charge in [-0.3, -0.25) is 9.59 Å². The van der Waals surface area contributed by atoms with E-state index in [1.54, 1.807) is 12.1 Å². The lowest BCUT2D eigenvalue weighted by atomic mass is 9.82. The molecule has 0 radical (unpaired) electrons. The summed E-state index contributed by atoms with van der Waals surface area (Å²) in [4.78, 5) is 26.7. The van der Waals surface area contributed by atoms with Gasteiger partial charge in [-0.2, -0.15) is 0 Å². The molecule has 3 aliphatic rings. The Morgan fingerprint density at radius 3 is 1.93 bits per heavy atom. The van der Waals surface area contributed by atoms with Crippen LogP contribution in [0.25, 0.3) is 0 Å². The van der Waals surface area contributed by atoms with E-state index in [1.807, 2.05) is 0 Å². The van der Waals surface area contributed by atoms with E-state index in [0.29, 0.717) is 0 Å². The molecule has 0 spiro atoms. The minimum atomic E-state index is -1.86. The topological polar surface area (TPSA) is 242 Å². The number of methoxy groups -OCH3 is 1. The first-order valence-electron chi connectivity index (χ1n) is 13.4. The van der Waals surface area contributed by atoms with Crippen LogP contribution in [0.5, 0.6) is 11.5 Å². The Morgan fingerprint density at radius 1 is 0.744 bits per heavy atom. The van der Waals surface area contributed by atoms with Gasteiger partial charge in [-0.1, -0.05) is 24.3 Å². The van der Waals surface area contributed by atoms with Crippen molar-refractivity contribution in [1.29, 1.82) is 0 Å². The first-order valence-corrected chi connectivity index (χ1v) is 13.4. The summed E-state index contributed by atoms with van der Waals surface area (Å²) in [5.41, 5.74) is 0.0475. The van der Waals surface area contributed by atoms with Crippen molar-refractivity contribution in [2.24, 2.45) is 0 Å². The van der Waals surface area contributed by atoms with Gasteiger partial charge in [0.25, 0.3) is 0 Å². The highest BCUT2D eigenvalue weighted by Gasteiger charge is 2.48. The molecular weight excluding hydrogens is 576 g/mol. The van der Waals surface area contributed by atoms with Gasteiger partial charge in [0.2, 0.25) is 6.29 Å². The van der Waals surface area contributed by atoms with Crippen LogP contribution in [0.15, 0.2) is 30.3 Å². The largest absolute Gasteiger partial charge is 0.495 e. The van der Waals surface area contributed by atoms with Gasteiger partial charge in [-0.15, -0.1) is 0 Å². The fourth-order valence-electron chi connectivity index (χ4n) is 5.39. The van der Waals surface area contributed by atoms with Crippen LogP contribution in [-0.2, 0) is 20.8 Å². The summed E-state index contributed by atoms with van der Waals surface area (Å²) in [5, 5.41) is 81.4. The third-order valence-corrected chi connectivity index (χ3v) is 7.78. The number of carbonyl (C=O) groups excluding carboxylic acids is 2. The van der Waals surface area contributed by atoms with Crippen LogP contribution in [0, 0.1) is 0 Å². The number of aliphatic hydroxyl groups excluding tert-OH is 8. The molecule has 0 bridgehead atoms. The zero-order valence-corrected chi connectivity index (χ0v) is 22.7. The van der Waals surface area contributed by atoms with E-state index in [2.05, 4.69) is 0 Å². The lowest BCUT2D eigenvalue weighted by molar-refractivity contribution is -0.323. The van der Waals surface area contributed by atoms with Crippen molar-refractivity contribution in [3.8, 4) is 11.5 Å². The zero-order valence-electron chi connectivity index (χ0n) is 22.7. The van der Waals surface area contributed by atoms with Crippen molar-refractivity contribution >= 4 is 11.6 Å². The Kier molecular flexibility index (Phi) is 9.12. The van der Waals surface area contributed by atoms with E-state index < -0.39 is 92.8 Å². The number of hydrogen-bond donors (Lipinski definition) is 8. The van der Waals surface area contributed by atoms with E-state index >= 15 is 0 Å². The summed E-state index contributed by atoms with van der Waals surface area (Å²) >= 11 is 0. The third-order valence-electron chi connectivity index (χ3n) is 7.78. The molecule has 0 aromatic heterocycles. The third kappa shape index (κ3) is 5.43. The molecule has 15 nitrogen and oxygen atoms in total. The van der Waals surface area contributed by atoms with Crippen molar-refractivity contribution in [3.63, 3.8) is 0 Å². The summed E-state index contributed by atoms with van der Waals surface area (Å²) in [7, 11) is 1.23. The highest BCUT2D eigenvalue weighted by molar-refractivity contribution is 6.29. The Morgan fingerprint density at radius 2 is 1.33 bits per heavy atom. The molecule has 2 heterocycles. The second-order valence-corrected chi connectivity index (χ2v) is 10.3. The summed E-state index contributed by atoms with van der Waals surface area (Å²) in [6, 6.07) is 7.36. The lowest BCUT2D eigenvalue weighted by Crippen LogP contribution is -2.62. The summed E-state index contributed by atoms with van der Waals surface area (Å²) in [5.74, 6) is -1.40. The average molecular weight is 609 g/mol. The highest BCUT2D eigenvalue weighted by atomic mass is 16.7. The molecule has 15 heteroatoms. The van der Waals surface area contributed by atoms with Crippen molar-refractivity contribution in [2.45, 2.75) is 68.0 Å². The molecule has 0 saturated carbocycles. The number of fused-ring (bicyclic) bond motifs is 2. The van der Waals surface area contributed by atoms with Crippen molar-refractivity contribution in [1.82, 2.24) is 0 Å². The van der Waals surface area contributed by atoms with Crippen molar-refractivity contribution in [3.05, 3.63) is 58.1 Å². The quantitative estimate of drug-likeness (QED) is 0.127. The van der Waals surface area contributed by atoms with Crippen LogP contribution in [0.2, 0.25) is 0 Å². The standard InChI is InChI=1S/C28H32O15/c1-39-26-13(7-29)14(6-12-17(26)19(32)11-5-3-2-4-10(11)18(12)31)41-28-25(38)23(36)21(34)16(43-28)9-40-27-24(37)22(35)20(33)15(8-30)42-27/h2-6,15-16,20-25,27-30,33-38H,7-9H2,1H3/t15-,16-,20-,21-,22+,23+,24-,25-,27-,28-/m1/s1. The minimum Gasteiger partial charge on any atom is -0.495 e. The van der Waals surface area contributed by atoms with Crippen LogP contribution < -0.4 is 9.47 Å². The number of hydrogen-bond acceptors (Lipinski definition) is 15. The van der Waals surface area contributed by atoms with E-state index in [9.17, 15) is 50.4 Å². The van der Waals surface area contributed by atoms with E-state index in [1.165, 1.54) is 25.3 Å². The first kappa shape index (κ1) is 31.4. The van der Waals surface area contributed by atoms with Gasteiger partial charge in [-0.25, -0.2) is 0 Å². The van der Waals surface area contributed by atoms with Crippen LogP contribution in [0.3, 0.4) is 0 Å². The monoisotopic (exact) mass is 608 g/mol. The smallest absolute Gasteiger partial charge is 0.229 e. The Balaban J connectivity index is 1.41. The van der Waals surface area contributed by atoms with Gasteiger partial charge in [0.15, 0.2) is 17.9 Å². The molecule has 2 fully saturated rings. The average Bonchev–Trinajstić information content (AvgIpc) is 3.02. The number of ketones is 2. The molecule has 8 N–H and O–H groups in total. The summed E-state index contributed by atoms with van der Waals surface area (Å²) in [6.07, 6.45) is -16.6. The Bertz CT molecular complexity index is 1360. The molecule has 2 aliphatic heterocycles. The SMILES string of the molecule is COc1c(CO)c(O[C@@H]2O[C@H](CO[C@@H]3O[C@H](CO)[C@@H](O)[C@H](O)[C@H]3O)[C@@H](O)[C@H](O)[C@H]2O)cc2c1C(=O)c1ccccc1C2=O. The molecule has 2 saturated heterocycles. The fourth-order valence-corrected chi connectivity index (χ4v) is 5.39. The number of benzene rings is 2. The van der Waals surface area contributed by atoms with E-state index in [4.69, 9.17) is 23.7 Å². The van der Waals surface area contributed by atoms with Crippen LogP contribution >= 0.6 is 0 Å². The van der Waals surface area contributed by atoms with E-state index in [-0.39, 0.29) is 39.3 Å². The van der Waals surface area contributed by atoms with Gasteiger partial charge in [0.1, 0.15) is 60.3 Å². The van der Waals surface area contributed by atoms with Gasteiger partial charge in [0.05, 0.1) is 38.1 Å². The molecule has 43 heavy (non-hydrogen) atoms. The second-order valence-electron chi connectivity index (χ2n) is 10.3. The number of rotatable bonds is 8. The second kappa shape index (κ2) is 12.5. The predicted octanol–water partition coefficient (Wildman–Crippen LogP) is -3.03. The molecular formula is C28H32O15. The molecule has 234 valence electrons. The van der Waals surface area contributed by atoms with Crippen molar-refractivity contribution in [2.75, 3.05) is 20.3 Å². The van der Waals surface area contributed by atoms with Crippen molar-refractivity contribution < 1.29 is 74.1 Å². The predicted molar refractivity (Wildman–Crippen MR) is 139 cm³/mol. The fraction of sp³-hybridized carbons (Fsp3) is 0.500. The maximum absolute atomic E-state index is 13.3. The Labute approximate surface area is 244 Å². The van der Waals surface area contributed by atoms with Crippen LogP contribution in [0.1, 0.15) is 37.4 Å². The maximum Gasteiger partial charge on any atom is 0.229 e. The van der Waals surface area contributed by atoms with Crippen LogP contribution in [0.4, 0.5) is 0 Å². The first-order chi connectivity index (χ1) is 20.5. The molecule has 2 aromatic rings. The van der Waals surface area contributed by atoms with Gasteiger partial charge in [-0.05, 0) is 6.07 Å². The highest BCUT2D eigenvalue weighted by Crippen LogP contribution is 2.41. The summed E-state index contributed by atoms with van der Waals surface area (Å²) < 4.78 is 27.6. The van der Waals surface area contributed by atoms with Gasteiger partial charge < -0.3 is 64.5 Å². The minimum absolute atomic E-state index is 0.0627. The van der Waals surface area contributed by atoms with E-state index in [0.717, 1.165) is 0 Å². The molecule has 1 aliphatic carbocycles. The molecule has 0 amide bonds. The zero-order chi connectivity index (χ0) is 31.2. The summed E-state index contributed by atoms with van der Waals surface area (Å²) in [6.45, 7) is -2.03. The molecule has 5 rings (SSSR count). The molecule has 0 unspecified atom stereocenters. The number of ether oxygens (including phenoxy) is 5. The molecule has 2 aromatic carbocycles. The number of carbonyl (C=O) groups is 2. The maximum atomic E-state index is 13.3. The molecule has 10 atom stereocenters. The van der Waals surface area contributed by atoms with Crippen LogP contribution in [-0.4, -0.2) is 134 Å². The Hall–Kier alpha value is -3.06. The van der Waals surface area contributed by atoms with Gasteiger partial charge in [0, 0.05) is 16.7 Å². The van der Waals surface area contributed by atoms with Gasteiger partial charge >= 0.3 is 0 Å². The lowest BCUT2D eigenvalue weighted by Gasteiger charge is -2.42. The number of aliphatic hydroxyl groups is 8.